The molecule has 1 saturated carbocycles. The van der Waals surface area contributed by atoms with Crippen LogP contribution in [0, 0.1) is 17.8 Å². The first-order valence-electron chi connectivity index (χ1n) is 6.90. The Hall–Kier alpha value is -1.06. The molecule has 1 rings (SSSR count). The number of carbonyl (C=O) groups excluding carboxylic acids is 1. The topological polar surface area (TPSA) is 63.6 Å². The van der Waals surface area contributed by atoms with Gasteiger partial charge in [0.2, 0.25) is 0 Å². The van der Waals surface area contributed by atoms with Crippen LogP contribution < -0.4 is 0 Å². The third kappa shape index (κ3) is 5.07. The maximum atomic E-state index is 11.8. The fourth-order valence-electron chi connectivity index (χ4n) is 2.41. The van der Waals surface area contributed by atoms with E-state index in [1.807, 2.05) is 0 Å². The number of carboxylic acid groups (broad SMARTS) is 1. The lowest BCUT2D eigenvalue weighted by atomic mass is 9.81. The van der Waals surface area contributed by atoms with E-state index in [0.29, 0.717) is 25.4 Å². The summed E-state index contributed by atoms with van der Waals surface area (Å²) in [7, 11) is 0. The Bertz CT molecular complexity index is 286. The molecule has 1 aliphatic rings. The minimum absolute atomic E-state index is 0.204. The van der Waals surface area contributed by atoms with E-state index in [9.17, 15) is 9.59 Å². The van der Waals surface area contributed by atoms with Crippen LogP contribution in [0.2, 0.25) is 0 Å². The second-order valence-corrected chi connectivity index (χ2v) is 5.60. The van der Waals surface area contributed by atoms with E-state index >= 15 is 0 Å². The van der Waals surface area contributed by atoms with Crippen molar-refractivity contribution in [1.82, 2.24) is 0 Å². The van der Waals surface area contributed by atoms with Gasteiger partial charge in [0.25, 0.3) is 0 Å². The Balaban J connectivity index is 2.26. The van der Waals surface area contributed by atoms with Crippen molar-refractivity contribution in [2.45, 2.75) is 52.4 Å². The highest BCUT2D eigenvalue weighted by Gasteiger charge is 2.31. The predicted octanol–water partition coefficient (Wildman–Crippen LogP) is 2.86. The monoisotopic (exact) mass is 256 g/mol. The van der Waals surface area contributed by atoms with Crippen molar-refractivity contribution in [2.24, 2.45) is 17.8 Å². The Labute approximate surface area is 109 Å². The number of hydrogen-bond donors (Lipinski definition) is 1. The molecule has 0 bridgehead atoms. The largest absolute Gasteiger partial charge is 0.481 e. The van der Waals surface area contributed by atoms with Crippen LogP contribution >= 0.6 is 0 Å². The van der Waals surface area contributed by atoms with Crippen molar-refractivity contribution in [3.05, 3.63) is 0 Å². The molecule has 0 aliphatic heterocycles. The van der Waals surface area contributed by atoms with Crippen molar-refractivity contribution in [1.29, 1.82) is 0 Å². The van der Waals surface area contributed by atoms with Gasteiger partial charge in [-0.1, -0.05) is 20.3 Å². The van der Waals surface area contributed by atoms with Gasteiger partial charge in [-0.2, -0.15) is 0 Å². The minimum Gasteiger partial charge on any atom is -0.481 e. The third-order valence-electron chi connectivity index (χ3n) is 3.53. The smallest absolute Gasteiger partial charge is 0.308 e. The zero-order chi connectivity index (χ0) is 13.5. The summed E-state index contributed by atoms with van der Waals surface area (Å²) >= 11 is 0. The highest BCUT2D eigenvalue weighted by Crippen LogP contribution is 2.30. The number of carboxylic acids is 1. The Morgan fingerprint density at radius 1 is 1.28 bits per heavy atom. The summed E-state index contributed by atoms with van der Waals surface area (Å²) in [5, 5.41) is 8.96. The Kier molecular flexibility index (Phi) is 6.16. The van der Waals surface area contributed by atoms with Gasteiger partial charge in [-0.3, -0.25) is 9.59 Å². The van der Waals surface area contributed by atoms with Crippen molar-refractivity contribution in [2.75, 3.05) is 6.61 Å². The molecule has 0 amide bonds. The number of ether oxygens (including phenoxy) is 1. The van der Waals surface area contributed by atoms with Crippen LogP contribution in [-0.4, -0.2) is 23.7 Å². The number of hydrogen-bond acceptors (Lipinski definition) is 3. The highest BCUT2D eigenvalue weighted by molar-refractivity contribution is 5.75. The summed E-state index contributed by atoms with van der Waals surface area (Å²) in [5.41, 5.74) is 0. The summed E-state index contributed by atoms with van der Waals surface area (Å²) in [6, 6.07) is 0. The number of rotatable bonds is 6. The lowest BCUT2D eigenvalue weighted by Crippen LogP contribution is -2.28. The fraction of sp³-hybridized carbons (Fsp3) is 0.857. The van der Waals surface area contributed by atoms with E-state index in [0.717, 1.165) is 25.7 Å². The SMILES string of the molecule is CC(C)CCCOC(=O)C1CCCC(C(=O)O)C1. The van der Waals surface area contributed by atoms with Crippen LogP contribution in [0.1, 0.15) is 52.4 Å². The second-order valence-electron chi connectivity index (χ2n) is 5.60. The van der Waals surface area contributed by atoms with E-state index in [-0.39, 0.29) is 17.8 Å². The Morgan fingerprint density at radius 2 is 1.94 bits per heavy atom. The van der Waals surface area contributed by atoms with E-state index in [4.69, 9.17) is 9.84 Å². The molecule has 1 N–H and O–H groups in total. The molecule has 0 heterocycles. The van der Waals surface area contributed by atoms with Crippen LogP contribution in [0.3, 0.4) is 0 Å². The lowest BCUT2D eigenvalue weighted by Gasteiger charge is -2.25. The molecule has 2 unspecified atom stereocenters. The van der Waals surface area contributed by atoms with Crippen molar-refractivity contribution in [3.8, 4) is 0 Å². The van der Waals surface area contributed by atoms with Crippen molar-refractivity contribution in [3.63, 3.8) is 0 Å². The molecule has 0 saturated heterocycles. The highest BCUT2D eigenvalue weighted by atomic mass is 16.5. The van der Waals surface area contributed by atoms with Crippen LogP contribution in [0.25, 0.3) is 0 Å². The van der Waals surface area contributed by atoms with Gasteiger partial charge in [-0.05, 0) is 38.0 Å². The first kappa shape index (κ1) is 15.0. The molecule has 4 heteroatoms. The molecule has 0 aromatic heterocycles. The van der Waals surface area contributed by atoms with Crippen LogP contribution in [0.5, 0.6) is 0 Å². The average molecular weight is 256 g/mol. The summed E-state index contributed by atoms with van der Waals surface area (Å²) < 4.78 is 5.23. The quantitative estimate of drug-likeness (QED) is 0.586. The first-order valence-corrected chi connectivity index (χ1v) is 6.90. The molecule has 0 aromatic carbocycles. The van der Waals surface area contributed by atoms with Gasteiger partial charge in [0, 0.05) is 0 Å². The van der Waals surface area contributed by atoms with E-state index in [2.05, 4.69) is 13.8 Å². The van der Waals surface area contributed by atoms with Crippen LogP contribution in [0.15, 0.2) is 0 Å². The minimum atomic E-state index is -0.785. The average Bonchev–Trinajstić information content (AvgIpc) is 2.34. The maximum absolute atomic E-state index is 11.8. The summed E-state index contributed by atoms with van der Waals surface area (Å²) in [6.07, 6.45) is 4.65. The molecule has 0 spiro atoms. The van der Waals surface area contributed by atoms with E-state index in [1.165, 1.54) is 0 Å². The number of aliphatic carboxylic acids is 1. The Morgan fingerprint density at radius 3 is 2.56 bits per heavy atom. The van der Waals surface area contributed by atoms with Gasteiger partial charge in [-0.15, -0.1) is 0 Å². The molecule has 0 aromatic rings. The molecule has 1 fully saturated rings. The molecule has 2 atom stereocenters. The van der Waals surface area contributed by atoms with Gasteiger partial charge in [0.05, 0.1) is 18.4 Å². The molecule has 18 heavy (non-hydrogen) atoms. The van der Waals surface area contributed by atoms with Gasteiger partial charge < -0.3 is 9.84 Å². The van der Waals surface area contributed by atoms with Crippen molar-refractivity contribution < 1.29 is 19.4 Å². The maximum Gasteiger partial charge on any atom is 0.308 e. The van der Waals surface area contributed by atoms with Crippen molar-refractivity contribution >= 4 is 11.9 Å². The predicted molar refractivity (Wildman–Crippen MR) is 68.1 cm³/mol. The zero-order valence-corrected chi connectivity index (χ0v) is 11.4. The lowest BCUT2D eigenvalue weighted by molar-refractivity contribution is -0.152. The summed E-state index contributed by atoms with van der Waals surface area (Å²) in [6.45, 7) is 4.74. The number of esters is 1. The fourth-order valence-corrected chi connectivity index (χ4v) is 2.41. The van der Waals surface area contributed by atoms with Gasteiger partial charge >= 0.3 is 11.9 Å². The molecule has 104 valence electrons. The first-order chi connectivity index (χ1) is 8.50. The van der Waals surface area contributed by atoms with Gasteiger partial charge in [-0.25, -0.2) is 0 Å². The van der Waals surface area contributed by atoms with E-state index in [1.54, 1.807) is 0 Å². The summed E-state index contributed by atoms with van der Waals surface area (Å²) in [5.74, 6) is -0.947. The molecule has 0 radical (unpaired) electrons. The molecule has 1 aliphatic carbocycles. The van der Waals surface area contributed by atoms with Crippen LogP contribution in [0.4, 0.5) is 0 Å². The second kappa shape index (κ2) is 7.39. The standard InChI is InChI=1S/C14H24O4/c1-10(2)5-4-8-18-14(17)12-7-3-6-11(9-12)13(15)16/h10-12H,3-9H2,1-2H3,(H,15,16). The normalized spacial score (nSPS) is 23.9. The summed E-state index contributed by atoms with van der Waals surface area (Å²) in [4.78, 5) is 22.7. The van der Waals surface area contributed by atoms with Crippen LogP contribution in [-0.2, 0) is 14.3 Å². The molecular weight excluding hydrogens is 232 g/mol. The molecule has 4 nitrogen and oxygen atoms in total. The van der Waals surface area contributed by atoms with Gasteiger partial charge in [0.15, 0.2) is 0 Å². The van der Waals surface area contributed by atoms with Gasteiger partial charge in [0.1, 0.15) is 0 Å². The zero-order valence-electron chi connectivity index (χ0n) is 11.4. The third-order valence-corrected chi connectivity index (χ3v) is 3.53. The molecular formula is C14H24O4. The number of carbonyl (C=O) groups is 2. The van der Waals surface area contributed by atoms with E-state index < -0.39 is 5.97 Å².